The Bertz CT molecular complexity index is 656. The fourth-order valence-electron chi connectivity index (χ4n) is 2.22. The van der Waals surface area contributed by atoms with Crippen molar-refractivity contribution in [2.24, 2.45) is 5.92 Å². The van der Waals surface area contributed by atoms with Crippen molar-refractivity contribution < 1.29 is 23.4 Å². The largest absolute Gasteiger partial charge is 0.481 e. The Morgan fingerprint density at radius 2 is 2.29 bits per heavy atom. The van der Waals surface area contributed by atoms with E-state index in [-0.39, 0.29) is 17.7 Å². The first-order valence-corrected chi connectivity index (χ1v) is 7.15. The summed E-state index contributed by atoms with van der Waals surface area (Å²) in [6.45, 7) is -2.89. The molecule has 0 spiro atoms. The molecule has 1 fully saturated rings. The predicted octanol–water partition coefficient (Wildman–Crippen LogP) is 3.60. The molecule has 1 aliphatic rings. The quantitative estimate of drug-likeness (QED) is 0.916. The van der Waals surface area contributed by atoms with Crippen LogP contribution in [-0.4, -0.2) is 22.7 Å². The van der Waals surface area contributed by atoms with E-state index >= 15 is 0 Å². The average Bonchev–Trinajstić information content (AvgIpc) is 3.10. The first-order valence-electron chi connectivity index (χ1n) is 6.27. The number of ether oxygens (including phenoxy) is 1. The normalized spacial score (nSPS) is 20.5. The van der Waals surface area contributed by atoms with E-state index in [9.17, 15) is 13.6 Å². The third kappa shape index (κ3) is 3.02. The zero-order valence-corrected chi connectivity index (χ0v) is 11.5. The molecule has 2 atom stereocenters. The molecule has 0 saturated heterocycles. The molecule has 0 unspecified atom stereocenters. The Morgan fingerprint density at radius 3 is 2.86 bits per heavy atom. The highest BCUT2D eigenvalue weighted by atomic mass is 32.1. The van der Waals surface area contributed by atoms with Crippen LogP contribution in [0, 0.1) is 5.92 Å². The molecule has 2 aromatic rings. The van der Waals surface area contributed by atoms with Crippen molar-refractivity contribution in [1.29, 1.82) is 0 Å². The number of aliphatic carboxylic acids is 1. The van der Waals surface area contributed by atoms with Crippen LogP contribution >= 0.6 is 11.3 Å². The first kappa shape index (κ1) is 13.9. The molecule has 2 heterocycles. The highest BCUT2D eigenvalue weighted by Crippen LogP contribution is 2.49. The maximum atomic E-state index is 12.0. The number of carboxylic acid groups (broad SMARTS) is 1. The second-order valence-electron chi connectivity index (χ2n) is 4.79. The number of thiophene rings is 1. The molecule has 3 rings (SSSR count). The molecule has 4 nitrogen and oxygen atoms in total. The van der Waals surface area contributed by atoms with Crippen LogP contribution in [0.4, 0.5) is 8.78 Å². The molecule has 1 N–H and O–H groups in total. The summed E-state index contributed by atoms with van der Waals surface area (Å²) in [5.74, 6) is -1.09. The van der Waals surface area contributed by atoms with Gasteiger partial charge < -0.3 is 9.84 Å². The smallest absolute Gasteiger partial charge is 0.388 e. The van der Waals surface area contributed by atoms with Crippen LogP contribution in [0.25, 0.3) is 10.4 Å². The van der Waals surface area contributed by atoms with Crippen LogP contribution in [0.1, 0.15) is 17.9 Å². The van der Waals surface area contributed by atoms with E-state index in [1.54, 1.807) is 6.07 Å². The Balaban J connectivity index is 1.73. The Hall–Kier alpha value is -2.02. The van der Waals surface area contributed by atoms with Gasteiger partial charge in [-0.05, 0) is 35.4 Å². The zero-order valence-electron chi connectivity index (χ0n) is 10.7. The monoisotopic (exact) mass is 311 g/mol. The van der Waals surface area contributed by atoms with Gasteiger partial charge in [-0.25, -0.2) is 4.98 Å². The average molecular weight is 311 g/mol. The van der Waals surface area contributed by atoms with Crippen molar-refractivity contribution in [1.82, 2.24) is 4.98 Å². The standard InChI is InChI=1S/C14H11F2NO3S/c15-14(16)20-12-2-1-7(5-17-12)11-3-8(6-21-11)9-4-10(9)13(18)19/h1-3,5-6,9-10,14H,4H2,(H,18,19)/t9-,10+/m0/s1. The van der Waals surface area contributed by atoms with Gasteiger partial charge in [-0.15, -0.1) is 11.3 Å². The van der Waals surface area contributed by atoms with Crippen molar-refractivity contribution in [3.8, 4) is 16.3 Å². The minimum Gasteiger partial charge on any atom is -0.481 e. The Morgan fingerprint density at radius 1 is 1.48 bits per heavy atom. The van der Waals surface area contributed by atoms with E-state index in [1.807, 2.05) is 11.4 Å². The summed E-state index contributed by atoms with van der Waals surface area (Å²) in [6, 6.07) is 4.98. The zero-order chi connectivity index (χ0) is 15.0. The molecule has 1 saturated carbocycles. The van der Waals surface area contributed by atoms with Gasteiger partial charge in [-0.2, -0.15) is 8.78 Å². The molecule has 0 amide bonds. The van der Waals surface area contributed by atoms with Gasteiger partial charge in [-0.1, -0.05) is 0 Å². The predicted molar refractivity (Wildman–Crippen MR) is 72.7 cm³/mol. The van der Waals surface area contributed by atoms with E-state index in [0.29, 0.717) is 6.42 Å². The fourth-order valence-corrected chi connectivity index (χ4v) is 3.19. The molecule has 0 radical (unpaired) electrons. The number of rotatable bonds is 5. The third-order valence-electron chi connectivity index (χ3n) is 3.39. The third-order valence-corrected chi connectivity index (χ3v) is 4.38. The lowest BCUT2D eigenvalue weighted by Gasteiger charge is -2.03. The minimum atomic E-state index is -2.89. The molecule has 21 heavy (non-hydrogen) atoms. The van der Waals surface area contributed by atoms with Crippen molar-refractivity contribution in [2.45, 2.75) is 19.0 Å². The van der Waals surface area contributed by atoms with Crippen LogP contribution in [-0.2, 0) is 4.79 Å². The highest BCUT2D eigenvalue weighted by molar-refractivity contribution is 7.13. The van der Waals surface area contributed by atoms with Crippen LogP contribution in [0.3, 0.4) is 0 Å². The van der Waals surface area contributed by atoms with E-state index < -0.39 is 12.6 Å². The number of carbonyl (C=O) groups is 1. The second-order valence-corrected chi connectivity index (χ2v) is 5.71. The Labute approximate surface area is 123 Å². The van der Waals surface area contributed by atoms with Gasteiger partial charge in [-0.3, -0.25) is 4.79 Å². The summed E-state index contributed by atoms with van der Waals surface area (Å²) in [5.41, 5.74) is 1.80. The lowest BCUT2D eigenvalue weighted by atomic mass is 10.1. The fraction of sp³-hybridized carbons (Fsp3) is 0.286. The number of nitrogens with zero attached hydrogens (tertiary/aromatic N) is 1. The molecule has 110 valence electrons. The lowest BCUT2D eigenvalue weighted by molar-refractivity contribution is -0.138. The number of carboxylic acids is 1. The second kappa shape index (κ2) is 5.40. The number of hydrogen-bond acceptors (Lipinski definition) is 4. The van der Waals surface area contributed by atoms with E-state index in [2.05, 4.69) is 9.72 Å². The molecule has 1 aliphatic carbocycles. The van der Waals surface area contributed by atoms with Gasteiger partial charge in [0.25, 0.3) is 0 Å². The maximum Gasteiger partial charge on any atom is 0.388 e. The van der Waals surface area contributed by atoms with Crippen molar-refractivity contribution in [2.75, 3.05) is 0 Å². The molecule has 2 aromatic heterocycles. The van der Waals surface area contributed by atoms with Crippen LogP contribution in [0.5, 0.6) is 5.88 Å². The molecule has 7 heteroatoms. The van der Waals surface area contributed by atoms with E-state index in [4.69, 9.17) is 5.11 Å². The van der Waals surface area contributed by atoms with Crippen molar-refractivity contribution in [3.05, 3.63) is 35.3 Å². The number of pyridine rings is 1. The summed E-state index contributed by atoms with van der Waals surface area (Å²) in [4.78, 5) is 15.6. The number of aromatic nitrogens is 1. The summed E-state index contributed by atoms with van der Waals surface area (Å²) in [7, 11) is 0. The van der Waals surface area contributed by atoms with Gasteiger partial charge in [0.2, 0.25) is 5.88 Å². The summed E-state index contributed by atoms with van der Waals surface area (Å²) in [6.07, 6.45) is 2.14. The van der Waals surface area contributed by atoms with Crippen LogP contribution in [0.2, 0.25) is 0 Å². The van der Waals surface area contributed by atoms with Gasteiger partial charge in [0.15, 0.2) is 0 Å². The number of halogens is 2. The SMILES string of the molecule is O=C(O)[C@@H]1C[C@H]1c1csc(-c2ccc(OC(F)F)nc2)c1. The first-order chi connectivity index (χ1) is 10.0. The van der Waals surface area contributed by atoms with E-state index in [0.717, 1.165) is 16.0 Å². The lowest BCUT2D eigenvalue weighted by Crippen LogP contribution is -2.03. The molecular weight excluding hydrogens is 300 g/mol. The molecule has 0 aliphatic heterocycles. The van der Waals surface area contributed by atoms with Crippen LogP contribution in [0.15, 0.2) is 29.8 Å². The number of hydrogen-bond donors (Lipinski definition) is 1. The van der Waals surface area contributed by atoms with E-state index in [1.165, 1.54) is 23.6 Å². The topological polar surface area (TPSA) is 59.4 Å². The van der Waals surface area contributed by atoms with Gasteiger partial charge in [0.05, 0.1) is 5.92 Å². The van der Waals surface area contributed by atoms with Gasteiger partial charge in [0, 0.05) is 22.7 Å². The van der Waals surface area contributed by atoms with Crippen molar-refractivity contribution in [3.63, 3.8) is 0 Å². The van der Waals surface area contributed by atoms with Gasteiger partial charge in [0.1, 0.15) is 0 Å². The summed E-state index contributed by atoms with van der Waals surface area (Å²) < 4.78 is 28.3. The molecular formula is C14H11F2NO3S. The Kier molecular flexibility index (Phi) is 3.59. The molecule has 0 aromatic carbocycles. The van der Waals surface area contributed by atoms with Crippen LogP contribution < -0.4 is 4.74 Å². The minimum absolute atomic E-state index is 0.0851. The van der Waals surface area contributed by atoms with Gasteiger partial charge >= 0.3 is 12.6 Å². The summed E-state index contributed by atoms with van der Waals surface area (Å²) >= 11 is 1.48. The molecule has 0 bridgehead atoms. The number of alkyl halides is 2. The van der Waals surface area contributed by atoms with Crippen molar-refractivity contribution >= 4 is 17.3 Å². The maximum absolute atomic E-state index is 12.0. The summed E-state index contributed by atoms with van der Waals surface area (Å²) in [5, 5.41) is 10.9. The highest BCUT2D eigenvalue weighted by Gasteiger charge is 2.44.